The summed E-state index contributed by atoms with van der Waals surface area (Å²) < 4.78 is 8.30. The standard InChI is InChI=1S/C15H25N3OS/c1-13(11-18-6-5-16-12-18)17-14-2-7-19-15(10-14)3-8-20-9-4-15/h5-6,12-14,17H,2-4,7-11H2,1H3. The van der Waals surface area contributed by atoms with Crippen molar-refractivity contribution in [1.29, 1.82) is 0 Å². The maximum absolute atomic E-state index is 6.16. The summed E-state index contributed by atoms with van der Waals surface area (Å²) in [7, 11) is 0. The van der Waals surface area contributed by atoms with E-state index >= 15 is 0 Å². The largest absolute Gasteiger partial charge is 0.375 e. The highest BCUT2D eigenvalue weighted by molar-refractivity contribution is 7.99. The predicted octanol–water partition coefficient (Wildman–Crippen LogP) is 2.31. The van der Waals surface area contributed by atoms with Crippen molar-refractivity contribution in [2.45, 2.75) is 56.8 Å². The zero-order chi connectivity index (χ0) is 13.8. The van der Waals surface area contributed by atoms with E-state index in [0.29, 0.717) is 12.1 Å². The number of nitrogens with one attached hydrogen (secondary N) is 1. The Kier molecular flexibility index (Phi) is 4.68. The third kappa shape index (κ3) is 3.57. The minimum absolute atomic E-state index is 0.176. The number of ether oxygens (including phenoxy) is 1. The van der Waals surface area contributed by atoms with Crippen molar-refractivity contribution in [3.63, 3.8) is 0 Å². The van der Waals surface area contributed by atoms with Gasteiger partial charge >= 0.3 is 0 Å². The van der Waals surface area contributed by atoms with Gasteiger partial charge in [-0.2, -0.15) is 11.8 Å². The van der Waals surface area contributed by atoms with Crippen molar-refractivity contribution >= 4 is 11.8 Å². The zero-order valence-corrected chi connectivity index (χ0v) is 13.1. The van der Waals surface area contributed by atoms with Crippen LogP contribution in [0.15, 0.2) is 18.7 Å². The molecule has 2 saturated heterocycles. The van der Waals surface area contributed by atoms with E-state index in [2.05, 4.69) is 33.6 Å². The molecule has 3 rings (SSSR count). The Bertz CT molecular complexity index is 398. The molecule has 0 saturated carbocycles. The highest BCUT2D eigenvalue weighted by Crippen LogP contribution is 2.37. The average Bonchev–Trinajstić information content (AvgIpc) is 2.92. The molecule has 0 aromatic carbocycles. The highest BCUT2D eigenvalue weighted by atomic mass is 32.2. The Morgan fingerprint density at radius 2 is 2.35 bits per heavy atom. The molecule has 2 unspecified atom stereocenters. The first kappa shape index (κ1) is 14.4. The number of hydrogen-bond donors (Lipinski definition) is 1. The Morgan fingerprint density at radius 3 is 3.10 bits per heavy atom. The van der Waals surface area contributed by atoms with Crippen LogP contribution in [0.4, 0.5) is 0 Å². The minimum atomic E-state index is 0.176. The molecule has 1 N–H and O–H groups in total. The van der Waals surface area contributed by atoms with E-state index in [-0.39, 0.29) is 5.60 Å². The van der Waals surface area contributed by atoms with Crippen LogP contribution in [0.3, 0.4) is 0 Å². The predicted molar refractivity (Wildman–Crippen MR) is 83.1 cm³/mol. The fourth-order valence-corrected chi connectivity index (χ4v) is 4.66. The Balaban J connectivity index is 1.51. The van der Waals surface area contributed by atoms with E-state index in [1.807, 2.05) is 18.7 Å². The first-order chi connectivity index (χ1) is 9.76. The number of nitrogens with zero attached hydrogens (tertiary/aromatic N) is 2. The van der Waals surface area contributed by atoms with E-state index < -0.39 is 0 Å². The second-order valence-electron chi connectivity index (χ2n) is 6.16. The Labute approximate surface area is 125 Å². The lowest BCUT2D eigenvalue weighted by Crippen LogP contribution is -2.51. The second kappa shape index (κ2) is 6.50. The molecule has 4 nitrogen and oxygen atoms in total. The van der Waals surface area contributed by atoms with Crippen LogP contribution >= 0.6 is 11.8 Å². The molecule has 1 spiro atoms. The summed E-state index contributed by atoms with van der Waals surface area (Å²) in [4.78, 5) is 4.10. The van der Waals surface area contributed by atoms with Gasteiger partial charge in [0.05, 0.1) is 11.9 Å². The molecule has 2 fully saturated rings. The molecule has 112 valence electrons. The molecule has 1 aromatic heterocycles. The van der Waals surface area contributed by atoms with Gasteiger partial charge < -0.3 is 14.6 Å². The van der Waals surface area contributed by atoms with Crippen LogP contribution in [0, 0.1) is 0 Å². The molecule has 2 aliphatic heterocycles. The molecule has 20 heavy (non-hydrogen) atoms. The van der Waals surface area contributed by atoms with Gasteiger partial charge in [-0.1, -0.05) is 0 Å². The molecule has 2 atom stereocenters. The van der Waals surface area contributed by atoms with Gasteiger partial charge in [0.1, 0.15) is 0 Å². The van der Waals surface area contributed by atoms with E-state index in [1.54, 1.807) is 0 Å². The molecule has 3 heterocycles. The number of rotatable bonds is 4. The van der Waals surface area contributed by atoms with Gasteiger partial charge in [0.25, 0.3) is 0 Å². The van der Waals surface area contributed by atoms with E-state index in [9.17, 15) is 0 Å². The highest BCUT2D eigenvalue weighted by Gasteiger charge is 2.38. The lowest BCUT2D eigenvalue weighted by atomic mass is 9.85. The second-order valence-corrected chi connectivity index (χ2v) is 7.39. The fourth-order valence-electron chi connectivity index (χ4n) is 3.43. The van der Waals surface area contributed by atoms with Crippen LogP contribution in [0.2, 0.25) is 0 Å². The van der Waals surface area contributed by atoms with Crippen molar-refractivity contribution in [1.82, 2.24) is 14.9 Å². The maximum Gasteiger partial charge on any atom is 0.0946 e. The van der Waals surface area contributed by atoms with Gasteiger partial charge in [-0.05, 0) is 44.1 Å². The van der Waals surface area contributed by atoms with Crippen LogP contribution < -0.4 is 5.32 Å². The lowest BCUT2D eigenvalue weighted by molar-refractivity contribution is -0.0941. The molecule has 0 radical (unpaired) electrons. The van der Waals surface area contributed by atoms with Crippen molar-refractivity contribution in [3.05, 3.63) is 18.7 Å². The van der Waals surface area contributed by atoms with Gasteiger partial charge in [0, 0.05) is 37.6 Å². The van der Waals surface area contributed by atoms with Crippen molar-refractivity contribution in [2.24, 2.45) is 0 Å². The molecule has 5 heteroatoms. The molecule has 0 bridgehead atoms. The third-order valence-corrected chi connectivity index (χ3v) is 5.45. The van der Waals surface area contributed by atoms with Gasteiger partial charge in [0.15, 0.2) is 0 Å². The molecular weight excluding hydrogens is 270 g/mol. The van der Waals surface area contributed by atoms with Gasteiger partial charge in [-0.3, -0.25) is 0 Å². The van der Waals surface area contributed by atoms with Crippen LogP contribution in [-0.4, -0.2) is 45.3 Å². The van der Waals surface area contributed by atoms with Crippen LogP contribution in [-0.2, 0) is 11.3 Å². The summed E-state index contributed by atoms with van der Waals surface area (Å²) >= 11 is 2.07. The van der Waals surface area contributed by atoms with Crippen molar-refractivity contribution < 1.29 is 4.74 Å². The molecular formula is C15H25N3OS. The lowest BCUT2D eigenvalue weighted by Gasteiger charge is -2.44. The smallest absolute Gasteiger partial charge is 0.0946 e. The number of thioether (sulfide) groups is 1. The number of hydrogen-bond acceptors (Lipinski definition) is 4. The SMILES string of the molecule is CC(Cn1ccnc1)NC1CCOC2(CCSCC2)C1. The normalized spacial score (nSPS) is 27.6. The van der Waals surface area contributed by atoms with Gasteiger partial charge in [-0.25, -0.2) is 4.98 Å². The van der Waals surface area contributed by atoms with E-state index in [1.165, 1.54) is 30.8 Å². The Hall–Kier alpha value is -0.520. The van der Waals surface area contributed by atoms with Crippen molar-refractivity contribution in [2.75, 3.05) is 18.1 Å². The summed E-state index contributed by atoms with van der Waals surface area (Å²) in [6.07, 6.45) is 10.5. The van der Waals surface area contributed by atoms with E-state index in [0.717, 1.165) is 19.6 Å². The summed E-state index contributed by atoms with van der Waals surface area (Å²) in [6.45, 7) is 4.17. The fraction of sp³-hybridized carbons (Fsp3) is 0.800. The average molecular weight is 295 g/mol. The number of imidazole rings is 1. The van der Waals surface area contributed by atoms with E-state index in [4.69, 9.17) is 4.74 Å². The molecule has 0 amide bonds. The van der Waals surface area contributed by atoms with Crippen LogP contribution in [0.25, 0.3) is 0 Å². The molecule has 2 aliphatic rings. The number of aromatic nitrogens is 2. The summed E-state index contributed by atoms with van der Waals surface area (Å²) in [5.41, 5.74) is 0.176. The van der Waals surface area contributed by atoms with Gasteiger partial charge in [-0.15, -0.1) is 0 Å². The minimum Gasteiger partial charge on any atom is -0.375 e. The Morgan fingerprint density at radius 1 is 1.50 bits per heavy atom. The van der Waals surface area contributed by atoms with Gasteiger partial charge in [0.2, 0.25) is 0 Å². The first-order valence-electron chi connectivity index (χ1n) is 7.69. The molecule has 0 aliphatic carbocycles. The summed E-state index contributed by atoms with van der Waals surface area (Å²) in [5, 5.41) is 3.79. The quantitative estimate of drug-likeness (QED) is 0.925. The monoisotopic (exact) mass is 295 g/mol. The molecule has 1 aromatic rings. The maximum atomic E-state index is 6.16. The van der Waals surface area contributed by atoms with Crippen LogP contribution in [0.5, 0.6) is 0 Å². The topological polar surface area (TPSA) is 39.1 Å². The third-order valence-electron chi connectivity index (χ3n) is 4.46. The van der Waals surface area contributed by atoms with Crippen LogP contribution in [0.1, 0.15) is 32.6 Å². The summed E-state index contributed by atoms with van der Waals surface area (Å²) in [6, 6.07) is 1.08. The van der Waals surface area contributed by atoms with Crippen molar-refractivity contribution in [3.8, 4) is 0 Å². The zero-order valence-electron chi connectivity index (χ0n) is 12.3. The first-order valence-corrected chi connectivity index (χ1v) is 8.85. The summed E-state index contributed by atoms with van der Waals surface area (Å²) in [5.74, 6) is 2.52.